The molecule has 6 rings (SSSR count). The van der Waals surface area contributed by atoms with Crippen LogP contribution >= 0.6 is 59.4 Å². The number of pyridine rings is 1. The van der Waals surface area contributed by atoms with E-state index < -0.39 is 12.6 Å². The smallest absolute Gasteiger partial charge is 0.339 e. The highest BCUT2D eigenvalue weighted by Crippen LogP contribution is 2.44. The number of aromatic nitrogens is 1. The van der Waals surface area contributed by atoms with Crippen molar-refractivity contribution in [3.63, 3.8) is 0 Å². The summed E-state index contributed by atoms with van der Waals surface area (Å²) >= 11 is 17.3. The summed E-state index contributed by atoms with van der Waals surface area (Å²) in [5.41, 5.74) is 5.50. The number of esters is 1. The summed E-state index contributed by atoms with van der Waals surface area (Å²) in [6.07, 6.45) is 1.18. The van der Waals surface area contributed by atoms with E-state index in [9.17, 15) is 19.2 Å². The van der Waals surface area contributed by atoms with Crippen molar-refractivity contribution in [2.75, 3.05) is 11.5 Å². The highest BCUT2D eigenvalue weighted by Gasteiger charge is 2.52. The van der Waals surface area contributed by atoms with Gasteiger partial charge in [0.15, 0.2) is 12.4 Å². The third kappa shape index (κ3) is 5.98. The summed E-state index contributed by atoms with van der Waals surface area (Å²) in [6, 6.07) is 15.7. The lowest BCUT2D eigenvalue weighted by Gasteiger charge is -2.29. The van der Waals surface area contributed by atoms with Crippen molar-refractivity contribution in [1.82, 2.24) is 4.98 Å². The normalized spacial score (nSPS) is 21.1. The number of ether oxygens (including phenoxy) is 1. The second-order valence-electron chi connectivity index (χ2n) is 11.8. The molecule has 4 aromatic rings. The number of Topliss-reactive ketones (excluding diaryl/α,β-unsaturated/α-hetero) is 1. The van der Waals surface area contributed by atoms with Gasteiger partial charge in [-0.1, -0.05) is 67.7 Å². The first kappa shape index (κ1) is 33.0. The Kier molecular flexibility index (Phi) is 9.28. The number of carbonyl (C=O) groups excluding carboxylic acids is 4. The predicted molar refractivity (Wildman–Crippen MR) is 189 cm³/mol. The SMILES string of the molecule is Cc1ccc(C(=O)COC(=O)c2cc(-c3ccc(N4C(=O)C5CC(Br)C(Br)CC5C4=O)cc3)nc3c(C)c(Cl)c(Br)cc23)cc1C. The molecule has 236 valence electrons. The van der Waals surface area contributed by atoms with E-state index in [2.05, 4.69) is 47.8 Å². The summed E-state index contributed by atoms with van der Waals surface area (Å²) in [5, 5.41) is 0.976. The Morgan fingerprint density at radius 1 is 0.913 bits per heavy atom. The van der Waals surface area contributed by atoms with Crippen LogP contribution in [0.5, 0.6) is 0 Å². The standard InChI is InChI=1S/C35H28Br3ClN2O5/c1-16-4-5-20(10-17(16)2)30(42)15-46-35(45)25-14-29(40-32-18(3)31(39)28(38)11-22(25)32)19-6-8-21(9-7-19)41-33(43)23-12-26(36)27(37)13-24(23)34(41)44/h4-11,14,23-24,26-27H,12-13,15H2,1-3H3. The largest absolute Gasteiger partial charge is 0.454 e. The molecule has 2 fully saturated rings. The van der Waals surface area contributed by atoms with Gasteiger partial charge in [-0.25, -0.2) is 9.78 Å². The molecule has 1 saturated heterocycles. The van der Waals surface area contributed by atoms with E-state index in [-0.39, 0.29) is 44.7 Å². The molecule has 4 atom stereocenters. The van der Waals surface area contributed by atoms with E-state index in [0.717, 1.165) is 11.1 Å². The molecule has 2 aliphatic rings. The topological polar surface area (TPSA) is 93.6 Å². The molecule has 3 aromatic carbocycles. The van der Waals surface area contributed by atoms with Gasteiger partial charge in [0.25, 0.3) is 0 Å². The number of imide groups is 1. The summed E-state index contributed by atoms with van der Waals surface area (Å²) in [7, 11) is 0. The van der Waals surface area contributed by atoms with Crippen LogP contribution in [0.3, 0.4) is 0 Å². The van der Waals surface area contributed by atoms with Gasteiger partial charge in [-0.3, -0.25) is 19.3 Å². The van der Waals surface area contributed by atoms with E-state index >= 15 is 0 Å². The lowest BCUT2D eigenvalue weighted by molar-refractivity contribution is -0.122. The minimum atomic E-state index is -0.679. The van der Waals surface area contributed by atoms with Gasteiger partial charge in [0.05, 0.1) is 39.3 Å². The van der Waals surface area contributed by atoms with Crippen LogP contribution < -0.4 is 4.90 Å². The lowest BCUT2D eigenvalue weighted by atomic mass is 9.81. The van der Waals surface area contributed by atoms with Gasteiger partial charge in [0.1, 0.15) is 0 Å². The Morgan fingerprint density at radius 2 is 1.54 bits per heavy atom. The van der Waals surface area contributed by atoms with Crippen molar-refractivity contribution in [3.05, 3.63) is 91.9 Å². The van der Waals surface area contributed by atoms with Crippen molar-refractivity contribution in [1.29, 1.82) is 0 Å². The molecule has 0 radical (unpaired) electrons. The number of hydrogen-bond donors (Lipinski definition) is 0. The summed E-state index contributed by atoms with van der Waals surface area (Å²) in [5.74, 6) is -2.07. The van der Waals surface area contributed by atoms with E-state index in [4.69, 9.17) is 21.3 Å². The average Bonchev–Trinajstić information content (AvgIpc) is 3.27. The van der Waals surface area contributed by atoms with Gasteiger partial charge >= 0.3 is 5.97 Å². The third-order valence-electron chi connectivity index (χ3n) is 8.94. The molecule has 4 unspecified atom stereocenters. The summed E-state index contributed by atoms with van der Waals surface area (Å²) in [4.78, 5) is 59.4. The molecule has 0 spiro atoms. The number of benzene rings is 3. The number of alkyl halides is 2. The first-order chi connectivity index (χ1) is 21.8. The number of halogens is 4. The van der Waals surface area contributed by atoms with Crippen molar-refractivity contribution >= 4 is 99.5 Å². The molecule has 2 heterocycles. The minimum Gasteiger partial charge on any atom is -0.454 e. The Hall–Kier alpha value is -2.92. The van der Waals surface area contributed by atoms with Crippen molar-refractivity contribution < 1.29 is 23.9 Å². The van der Waals surface area contributed by atoms with Crippen molar-refractivity contribution in [2.24, 2.45) is 11.8 Å². The van der Waals surface area contributed by atoms with Crippen molar-refractivity contribution in [2.45, 2.75) is 43.3 Å². The fourth-order valence-corrected chi connectivity index (χ4v) is 8.02. The van der Waals surface area contributed by atoms with Crippen LogP contribution in [0.2, 0.25) is 5.02 Å². The minimum absolute atomic E-state index is 0.121. The number of aryl methyl sites for hydroxylation is 3. The number of ketones is 1. The van der Waals surface area contributed by atoms with Crippen LogP contribution in [0.1, 0.15) is 50.2 Å². The first-order valence-corrected chi connectivity index (χ1v) is 17.7. The van der Waals surface area contributed by atoms with Gasteiger partial charge in [0.2, 0.25) is 11.8 Å². The summed E-state index contributed by atoms with van der Waals surface area (Å²) < 4.78 is 6.14. The maximum atomic E-state index is 13.5. The van der Waals surface area contributed by atoms with Crippen LogP contribution in [0, 0.1) is 32.6 Å². The summed E-state index contributed by atoms with van der Waals surface area (Å²) in [6.45, 7) is 5.27. The van der Waals surface area contributed by atoms with Crippen LogP contribution in [0.4, 0.5) is 5.69 Å². The molecule has 2 amide bonds. The van der Waals surface area contributed by atoms with Gasteiger partial charge in [-0.05, 0) is 96.6 Å². The van der Waals surface area contributed by atoms with E-state index in [1.165, 1.54) is 4.90 Å². The number of rotatable bonds is 6. The van der Waals surface area contributed by atoms with Crippen LogP contribution in [-0.2, 0) is 14.3 Å². The first-order valence-electron chi connectivity index (χ1n) is 14.7. The molecule has 7 nitrogen and oxygen atoms in total. The molecule has 46 heavy (non-hydrogen) atoms. The molecule has 11 heteroatoms. The molecule has 0 bridgehead atoms. The molecule has 1 aromatic heterocycles. The van der Waals surface area contributed by atoms with E-state index in [1.54, 1.807) is 48.5 Å². The van der Waals surface area contributed by atoms with E-state index in [1.807, 2.05) is 26.8 Å². The molecule has 1 aliphatic heterocycles. The number of nitrogens with zero attached hydrogens (tertiary/aromatic N) is 2. The Balaban J connectivity index is 1.32. The van der Waals surface area contributed by atoms with Gasteiger partial charge in [-0.15, -0.1) is 0 Å². The number of amides is 2. The molecule has 1 aliphatic carbocycles. The monoisotopic (exact) mass is 828 g/mol. The van der Waals surface area contributed by atoms with Gasteiger partial charge in [0, 0.05) is 30.6 Å². The number of fused-ring (bicyclic) bond motifs is 2. The fourth-order valence-electron chi connectivity index (χ4n) is 6.11. The lowest BCUT2D eigenvalue weighted by Crippen LogP contribution is -2.34. The quantitative estimate of drug-likeness (QED) is 0.0836. The number of carbonyl (C=O) groups is 4. The highest BCUT2D eigenvalue weighted by molar-refractivity contribution is 9.12. The maximum Gasteiger partial charge on any atom is 0.339 e. The Morgan fingerprint density at radius 3 is 2.15 bits per heavy atom. The third-order valence-corrected chi connectivity index (χ3v) is 13.0. The fraction of sp³-hybridized carbons (Fsp3) is 0.286. The van der Waals surface area contributed by atoms with E-state index in [0.29, 0.717) is 61.3 Å². The van der Waals surface area contributed by atoms with Gasteiger partial charge < -0.3 is 4.74 Å². The molecular formula is C35H28Br3ClN2O5. The molecule has 0 N–H and O–H groups in total. The van der Waals surface area contributed by atoms with Gasteiger partial charge in [-0.2, -0.15) is 0 Å². The zero-order chi connectivity index (χ0) is 33.0. The zero-order valence-electron chi connectivity index (χ0n) is 25.1. The average molecular weight is 832 g/mol. The highest BCUT2D eigenvalue weighted by atomic mass is 79.9. The Labute approximate surface area is 296 Å². The van der Waals surface area contributed by atoms with Crippen LogP contribution in [0.15, 0.2) is 59.1 Å². The number of hydrogen-bond acceptors (Lipinski definition) is 6. The zero-order valence-corrected chi connectivity index (χ0v) is 30.6. The Bertz CT molecular complexity index is 1920. The molecule has 1 saturated carbocycles. The number of anilines is 1. The second-order valence-corrected chi connectivity index (χ2v) is 15.4. The van der Waals surface area contributed by atoms with Crippen LogP contribution in [0.25, 0.3) is 22.2 Å². The molecular weight excluding hydrogens is 804 g/mol. The maximum absolute atomic E-state index is 13.5. The predicted octanol–water partition coefficient (Wildman–Crippen LogP) is 8.71. The second kappa shape index (κ2) is 12.9. The van der Waals surface area contributed by atoms with Crippen LogP contribution in [-0.4, -0.2) is 44.8 Å². The van der Waals surface area contributed by atoms with Crippen molar-refractivity contribution in [3.8, 4) is 11.3 Å².